The monoisotopic (exact) mass is 172 g/mol. The molecule has 4 nitrogen and oxygen atoms in total. The van der Waals surface area contributed by atoms with E-state index in [9.17, 15) is 4.79 Å². The van der Waals surface area contributed by atoms with Crippen LogP contribution in [0.25, 0.3) is 0 Å². The first kappa shape index (κ1) is 9.48. The van der Waals surface area contributed by atoms with Gasteiger partial charge in [0.15, 0.2) is 0 Å². The molecule has 1 aliphatic heterocycles. The molecule has 0 atom stereocenters. The maximum Gasteiger partial charge on any atom is 0.236 e. The molecule has 0 spiro atoms. The van der Waals surface area contributed by atoms with Crippen LogP contribution < -0.4 is 0 Å². The van der Waals surface area contributed by atoms with Crippen molar-refractivity contribution in [2.75, 3.05) is 26.2 Å². The van der Waals surface area contributed by atoms with E-state index in [-0.39, 0.29) is 12.5 Å². The lowest BCUT2D eigenvalue weighted by Crippen LogP contribution is -2.51. The van der Waals surface area contributed by atoms with Crippen molar-refractivity contribution in [2.24, 2.45) is 0 Å². The second-order valence-electron chi connectivity index (χ2n) is 2.89. The van der Waals surface area contributed by atoms with Gasteiger partial charge >= 0.3 is 0 Å². The predicted molar refractivity (Wildman–Crippen MR) is 45.3 cm³/mol. The second kappa shape index (κ2) is 4.42. The van der Waals surface area contributed by atoms with Gasteiger partial charge in [0.1, 0.15) is 0 Å². The van der Waals surface area contributed by atoms with E-state index in [0.29, 0.717) is 19.5 Å². The van der Waals surface area contributed by atoms with E-state index in [1.165, 1.54) is 0 Å². The van der Waals surface area contributed by atoms with E-state index in [1.54, 1.807) is 5.01 Å². The maximum absolute atomic E-state index is 11.3. The lowest BCUT2D eigenvalue weighted by molar-refractivity contribution is -0.155. The number of aliphatic hydroxyl groups excluding tert-OH is 1. The number of carbonyl (C=O) groups excluding carboxylic acids is 1. The van der Waals surface area contributed by atoms with Crippen LogP contribution in [-0.2, 0) is 4.79 Å². The van der Waals surface area contributed by atoms with Gasteiger partial charge in [-0.25, -0.2) is 5.01 Å². The highest BCUT2D eigenvalue weighted by molar-refractivity contribution is 5.76. The number of amides is 1. The van der Waals surface area contributed by atoms with Crippen LogP contribution in [-0.4, -0.2) is 47.3 Å². The highest BCUT2D eigenvalue weighted by Gasteiger charge is 2.23. The molecule has 0 unspecified atom stereocenters. The number of carbonyl (C=O) groups is 1. The van der Waals surface area contributed by atoms with E-state index in [4.69, 9.17) is 5.11 Å². The van der Waals surface area contributed by atoms with Crippen LogP contribution in [0.1, 0.15) is 19.8 Å². The molecule has 1 aliphatic rings. The first-order chi connectivity index (χ1) is 5.79. The molecule has 1 saturated heterocycles. The minimum absolute atomic E-state index is 0.115. The molecule has 0 radical (unpaired) electrons. The molecule has 1 fully saturated rings. The zero-order chi connectivity index (χ0) is 8.97. The average molecular weight is 172 g/mol. The zero-order valence-corrected chi connectivity index (χ0v) is 7.49. The Kier molecular flexibility index (Phi) is 3.49. The first-order valence-corrected chi connectivity index (χ1v) is 4.45. The second-order valence-corrected chi connectivity index (χ2v) is 2.89. The highest BCUT2D eigenvalue weighted by atomic mass is 16.3. The summed E-state index contributed by atoms with van der Waals surface area (Å²) in [5.74, 6) is 0.178. The minimum atomic E-state index is 0.115. The largest absolute Gasteiger partial charge is 0.395 e. The molecule has 0 aromatic carbocycles. The van der Waals surface area contributed by atoms with Crippen LogP contribution in [0.3, 0.4) is 0 Å². The molecule has 4 heteroatoms. The van der Waals surface area contributed by atoms with Gasteiger partial charge in [-0.2, -0.15) is 0 Å². The van der Waals surface area contributed by atoms with Gasteiger partial charge in [0.05, 0.1) is 6.61 Å². The Labute approximate surface area is 72.7 Å². The van der Waals surface area contributed by atoms with Crippen LogP contribution in [0.5, 0.6) is 0 Å². The SMILES string of the molecule is CCN1C(=O)CCCN1CCO. The molecule has 70 valence electrons. The summed E-state index contributed by atoms with van der Waals surface area (Å²) >= 11 is 0. The number of β-amino-alcohol motifs (C(OH)–C–C–N with tert-alkyl or cyclic N) is 1. The summed E-state index contributed by atoms with van der Waals surface area (Å²) in [4.78, 5) is 11.3. The van der Waals surface area contributed by atoms with Crippen molar-refractivity contribution in [3.8, 4) is 0 Å². The smallest absolute Gasteiger partial charge is 0.236 e. The number of hydrogen-bond donors (Lipinski definition) is 1. The number of nitrogens with zero attached hydrogens (tertiary/aromatic N) is 2. The standard InChI is InChI=1S/C8H16N2O2/c1-2-10-8(12)4-3-5-9(10)6-7-11/h11H,2-7H2,1H3. The quantitative estimate of drug-likeness (QED) is 0.643. The normalized spacial score (nSPS) is 20.2. The maximum atomic E-state index is 11.3. The van der Waals surface area contributed by atoms with Crippen LogP contribution in [0.15, 0.2) is 0 Å². The molecule has 1 rings (SSSR count). The number of hydrazine groups is 1. The van der Waals surface area contributed by atoms with E-state index >= 15 is 0 Å². The Morgan fingerprint density at radius 2 is 2.33 bits per heavy atom. The van der Waals surface area contributed by atoms with Gasteiger partial charge in [0.25, 0.3) is 0 Å². The van der Waals surface area contributed by atoms with Crippen LogP contribution in [0, 0.1) is 0 Å². The Hall–Kier alpha value is -0.610. The average Bonchev–Trinajstić information content (AvgIpc) is 2.05. The summed E-state index contributed by atoms with van der Waals surface area (Å²) in [5.41, 5.74) is 0. The van der Waals surface area contributed by atoms with Gasteiger partial charge in [-0.3, -0.25) is 9.80 Å². The molecule has 0 saturated carbocycles. The molecule has 0 bridgehead atoms. The molecule has 12 heavy (non-hydrogen) atoms. The van der Waals surface area contributed by atoms with Crippen molar-refractivity contribution in [3.05, 3.63) is 0 Å². The summed E-state index contributed by atoms with van der Waals surface area (Å²) in [5, 5.41) is 12.4. The number of rotatable bonds is 3. The third kappa shape index (κ3) is 1.95. The van der Waals surface area contributed by atoms with Crippen molar-refractivity contribution in [3.63, 3.8) is 0 Å². The number of aliphatic hydroxyl groups is 1. The molecular formula is C8H16N2O2. The highest BCUT2D eigenvalue weighted by Crippen LogP contribution is 2.10. The minimum Gasteiger partial charge on any atom is -0.395 e. The van der Waals surface area contributed by atoms with Gasteiger partial charge in [0.2, 0.25) is 5.91 Å². The third-order valence-electron chi connectivity index (χ3n) is 2.09. The van der Waals surface area contributed by atoms with Gasteiger partial charge in [-0.1, -0.05) is 0 Å². The van der Waals surface area contributed by atoms with Gasteiger partial charge < -0.3 is 5.11 Å². The lowest BCUT2D eigenvalue weighted by atomic mass is 10.2. The van der Waals surface area contributed by atoms with E-state index < -0.39 is 0 Å². The van der Waals surface area contributed by atoms with Crippen molar-refractivity contribution < 1.29 is 9.90 Å². The summed E-state index contributed by atoms with van der Waals surface area (Å²) in [7, 11) is 0. The Bertz CT molecular complexity index is 159. The van der Waals surface area contributed by atoms with Crippen molar-refractivity contribution in [1.82, 2.24) is 10.0 Å². The lowest BCUT2D eigenvalue weighted by Gasteiger charge is -2.37. The molecular weight excluding hydrogens is 156 g/mol. The molecule has 1 N–H and O–H groups in total. The van der Waals surface area contributed by atoms with E-state index in [0.717, 1.165) is 13.0 Å². The van der Waals surface area contributed by atoms with Crippen molar-refractivity contribution in [2.45, 2.75) is 19.8 Å². The van der Waals surface area contributed by atoms with E-state index in [2.05, 4.69) is 0 Å². The Morgan fingerprint density at radius 3 is 2.92 bits per heavy atom. The van der Waals surface area contributed by atoms with Gasteiger partial charge in [-0.15, -0.1) is 0 Å². The zero-order valence-electron chi connectivity index (χ0n) is 7.49. The van der Waals surface area contributed by atoms with Crippen molar-refractivity contribution >= 4 is 5.91 Å². The molecule has 0 aromatic heterocycles. The van der Waals surface area contributed by atoms with Crippen LogP contribution in [0.4, 0.5) is 0 Å². The van der Waals surface area contributed by atoms with E-state index in [1.807, 2.05) is 11.9 Å². The Morgan fingerprint density at radius 1 is 1.58 bits per heavy atom. The summed E-state index contributed by atoms with van der Waals surface area (Å²) in [6.45, 7) is 4.23. The third-order valence-corrected chi connectivity index (χ3v) is 2.09. The predicted octanol–water partition coefficient (Wildman–Crippen LogP) is -0.162. The summed E-state index contributed by atoms with van der Waals surface area (Å²) in [6.07, 6.45) is 1.56. The fourth-order valence-electron chi connectivity index (χ4n) is 1.54. The van der Waals surface area contributed by atoms with Crippen LogP contribution in [0.2, 0.25) is 0 Å². The summed E-state index contributed by atoms with van der Waals surface area (Å²) < 4.78 is 0. The summed E-state index contributed by atoms with van der Waals surface area (Å²) in [6, 6.07) is 0. The fourth-order valence-corrected chi connectivity index (χ4v) is 1.54. The fraction of sp³-hybridized carbons (Fsp3) is 0.875. The topological polar surface area (TPSA) is 43.8 Å². The Balaban J connectivity index is 2.51. The molecule has 0 aliphatic carbocycles. The van der Waals surface area contributed by atoms with Gasteiger partial charge in [0, 0.05) is 26.1 Å². The van der Waals surface area contributed by atoms with Gasteiger partial charge in [-0.05, 0) is 13.3 Å². The molecule has 1 heterocycles. The first-order valence-electron chi connectivity index (χ1n) is 4.45. The molecule has 0 aromatic rings. The van der Waals surface area contributed by atoms with Crippen molar-refractivity contribution in [1.29, 1.82) is 0 Å². The molecule has 1 amide bonds. The van der Waals surface area contributed by atoms with Crippen LogP contribution >= 0.6 is 0 Å². The number of hydrogen-bond acceptors (Lipinski definition) is 3.